The largest absolute Gasteiger partial charge is 0.465 e. The van der Waals surface area contributed by atoms with Gasteiger partial charge >= 0.3 is 5.97 Å². The summed E-state index contributed by atoms with van der Waals surface area (Å²) in [6.45, 7) is 3.38. The lowest BCUT2D eigenvalue weighted by Gasteiger charge is -2.03. The molecular weight excluding hydrogens is 198 g/mol. The zero-order valence-electron chi connectivity index (χ0n) is 8.29. The van der Waals surface area contributed by atoms with Crippen molar-refractivity contribution in [1.82, 2.24) is 5.32 Å². The van der Waals surface area contributed by atoms with E-state index in [-0.39, 0.29) is 5.97 Å². The molecule has 78 valence electrons. The van der Waals surface area contributed by atoms with Crippen molar-refractivity contribution in [3.63, 3.8) is 0 Å². The first-order chi connectivity index (χ1) is 6.83. The molecule has 14 heavy (non-hydrogen) atoms. The summed E-state index contributed by atoms with van der Waals surface area (Å²) in [5.41, 5.74) is 0. The van der Waals surface area contributed by atoms with Crippen LogP contribution in [-0.2, 0) is 16.0 Å². The summed E-state index contributed by atoms with van der Waals surface area (Å²) in [4.78, 5) is 12.3. The lowest BCUT2D eigenvalue weighted by atomic mass is 10.3. The highest BCUT2D eigenvalue weighted by atomic mass is 32.1. The van der Waals surface area contributed by atoms with Gasteiger partial charge in [-0.2, -0.15) is 0 Å². The first-order valence-electron chi connectivity index (χ1n) is 4.71. The van der Waals surface area contributed by atoms with Crippen LogP contribution in [0.5, 0.6) is 0 Å². The lowest BCUT2D eigenvalue weighted by molar-refractivity contribution is -0.141. The Morgan fingerprint density at radius 1 is 1.64 bits per heavy atom. The van der Waals surface area contributed by atoms with Gasteiger partial charge in [-0.15, -0.1) is 11.3 Å². The van der Waals surface area contributed by atoms with E-state index in [1.54, 1.807) is 11.3 Å². The van der Waals surface area contributed by atoms with Crippen LogP contribution in [-0.4, -0.2) is 25.7 Å². The predicted octanol–water partition coefficient (Wildman–Crippen LogP) is 1.44. The summed E-state index contributed by atoms with van der Waals surface area (Å²) in [5, 5.41) is 5.10. The number of rotatable bonds is 6. The van der Waals surface area contributed by atoms with Crippen LogP contribution < -0.4 is 5.32 Å². The molecule has 0 aliphatic rings. The normalized spacial score (nSPS) is 10.1. The standard InChI is InChI=1S/C10H15NO2S/c1-2-13-10(12)8-11-6-5-9-4-3-7-14-9/h3-4,7,11H,2,5-6,8H2,1H3. The summed E-state index contributed by atoms with van der Waals surface area (Å²) in [6, 6.07) is 4.13. The molecule has 3 nitrogen and oxygen atoms in total. The quantitative estimate of drug-likeness (QED) is 0.574. The van der Waals surface area contributed by atoms with Crippen molar-refractivity contribution in [3.8, 4) is 0 Å². The number of thiophene rings is 1. The maximum Gasteiger partial charge on any atom is 0.319 e. The molecule has 1 aromatic heterocycles. The second-order valence-electron chi connectivity index (χ2n) is 2.81. The van der Waals surface area contributed by atoms with E-state index in [9.17, 15) is 4.79 Å². The molecule has 1 heterocycles. The van der Waals surface area contributed by atoms with E-state index in [1.807, 2.05) is 13.0 Å². The Morgan fingerprint density at radius 2 is 2.50 bits per heavy atom. The smallest absolute Gasteiger partial charge is 0.319 e. The SMILES string of the molecule is CCOC(=O)CNCCc1cccs1. The van der Waals surface area contributed by atoms with Crippen LogP contribution in [0.3, 0.4) is 0 Å². The average Bonchev–Trinajstić information content (AvgIpc) is 2.65. The Bertz CT molecular complexity index is 259. The van der Waals surface area contributed by atoms with Crippen molar-refractivity contribution in [2.24, 2.45) is 0 Å². The zero-order chi connectivity index (χ0) is 10.2. The lowest BCUT2D eigenvalue weighted by Crippen LogP contribution is -2.26. The molecule has 0 fully saturated rings. The zero-order valence-corrected chi connectivity index (χ0v) is 9.10. The molecule has 0 aliphatic heterocycles. The van der Waals surface area contributed by atoms with E-state index in [0.717, 1.165) is 13.0 Å². The second kappa shape index (κ2) is 6.56. The Balaban J connectivity index is 2.02. The Hall–Kier alpha value is -0.870. The van der Waals surface area contributed by atoms with E-state index in [4.69, 9.17) is 4.74 Å². The average molecular weight is 213 g/mol. The summed E-state index contributed by atoms with van der Waals surface area (Å²) in [5.74, 6) is -0.182. The number of esters is 1. The van der Waals surface area contributed by atoms with Gasteiger partial charge in [-0.3, -0.25) is 4.79 Å². The summed E-state index contributed by atoms with van der Waals surface area (Å²) in [7, 11) is 0. The third-order valence-corrected chi connectivity index (χ3v) is 2.64. The van der Waals surface area contributed by atoms with Crippen molar-refractivity contribution in [3.05, 3.63) is 22.4 Å². The fraction of sp³-hybridized carbons (Fsp3) is 0.500. The van der Waals surface area contributed by atoms with Gasteiger partial charge < -0.3 is 10.1 Å². The second-order valence-corrected chi connectivity index (χ2v) is 3.84. The van der Waals surface area contributed by atoms with Crippen LogP contribution >= 0.6 is 11.3 Å². The molecule has 0 unspecified atom stereocenters. The molecule has 1 rings (SSSR count). The van der Waals surface area contributed by atoms with Gasteiger partial charge in [0.25, 0.3) is 0 Å². The predicted molar refractivity (Wildman–Crippen MR) is 57.5 cm³/mol. The minimum Gasteiger partial charge on any atom is -0.465 e. The topological polar surface area (TPSA) is 38.3 Å². The highest BCUT2D eigenvalue weighted by Crippen LogP contribution is 2.07. The van der Waals surface area contributed by atoms with Crippen molar-refractivity contribution < 1.29 is 9.53 Å². The van der Waals surface area contributed by atoms with Crippen molar-refractivity contribution in [2.45, 2.75) is 13.3 Å². The monoisotopic (exact) mass is 213 g/mol. The molecule has 0 atom stereocenters. The number of hydrogen-bond donors (Lipinski definition) is 1. The van der Waals surface area contributed by atoms with Crippen LogP contribution in [0.1, 0.15) is 11.8 Å². The minimum absolute atomic E-state index is 0.182. The van der Waals surface area contributed by atoms with E-state index in [1.165, 1.54) is 4.88 Å². The summed E-state index contributed by atoms with van der Waals surface area (Å²) < 4.78 is 4.78. The Morgan fingerprint density at radius 3 is 3.14 bits per heavy atom. The maximum absolute atomic E-state index is 10.9. The number of hydrogen-bond acceptors (Lipinski definition) is 4. The molecule has 0 amide bonds. The minimum atomic E-state index is -0.182. The molecular formula is C10H15NO2S. The first-order valence-corrected chi connectivity index (χ1v) is 5.59. The van der Waals surface area contributed by atoms with Crippen molar-refractivity contribution >= 4 is 17.3 Å². The molecule has 1 aromatic rings. The third kappa shape index (κ3) is 4.39. The van der Waals surface area contributed by atoms with Gasteiger partial charge in [-0.25, -0.2) is 0 Å². The van der Waals surface area contributed by atoms with Crippen LogP contribution in [0.15, 0.2) is 17.5 Å². The third-order valence-electron chi connectivity index (χ3n) is 1.70. The summed E-state index contributed by atoms with van der Waals surface area (Å²) >= 11 is 1.74. The van der Waals surface area contributed by atoms with Crippen molar-refractivity contribution in [2.75, 3.05) is 19.7 Å². The fourth-order valence-electron chi connectivity index (χ4n) is 1.07. The van der Waals surface area contributed by atoms with Gasteiger partial charge in [0.2, 0.25) is 0 Å². The van der Waals surface area contributed by atoms with Gasteiger partial charge in [-0.05, 0) is 24.8 Å². The van der Waals surface area contributed by atoms with Crippen LogP contribution in [0, 0.1) is 0 Å². The van der Waals surface area contributed by atoms with E-state index < -0.39 is 0 Å². The van der Waals surface area contributed by atoms with Crippen LogP contribution in [0.2, 0.25) is 0 Å². The Labute approximate surface area is 88.1 Å². The molecule has 0 aromatic carbocycles. The highest BCUT2D eigenvalue weighted by Gasteiger charge is 1.99. The van der Waals surface area contributed by atoms with Crippen molar-refractivity contribution in [1.29, 1.82) is 0 Å². The number of carbonyl (C=O) groups excluding carboxylic acids is 1. The molecule has 4 heteroatoms. The fourth-order valence-corrected chi connectivity index (χ4v) is 1.78. The van der Waals surface area contributed by atoms with Crippen LogP contribution in [0.4, 0.5) is 0 Å². The Kier molecular flexibility index (Phi) is 5.25. The number of nitrogens with one attached hydrogen (secondary N) is 1. The molecule has 0 spiro atoms. The number of ether oxygens (including phenoxy) is 1. The maximum atomic E-state index is 10.9. The van der Waals surface area contributed by atoms with Gasteiger partial charge in [-0.1, -0.05) is 6.07 Å². The first kappa shape index (κ1) is 11.2. The van der Waals surface area contributed by atoms with E-state index in [0.29, 0.717) is 13.2 Å². The molecule has 0 saturated carbocycles. The molecule has 0 radical (unpaired) electrons. The highest BCUT2D eigenvalue weighted by molar-refractivity contribution is 7.09. The van der Waals surface area contributed by atoms with Crippen LogP contribution in [0.25, 0.3) is 0 Å². The molecule has 0 bridgehead atoms. The van der Waals surface area contributed by atoms with Gasteiger partial charge in [0.05, 0.1) is 13.2 Å². The van der Waals surface area contributed by atoms with Gasteiger partial charge in [0.1, 0.15) is 0 Å². The molecule has 0 aliphatic carbocycles. The molecule has 0 saturated heterocycles. The molecule has 1 N–H and O–H groups in total. The van der Waals surface area contributed by atoms with Gasteiger partial charge in [0, 0.05) is 11.4 Å². The number of carbonyl (C=O) groups is 1. The summed E-state index contributed by atoms with van der Waals surface area (Å²) in [6.07, 6.45) is 0.969. The van der Waals surface area contributed by atoms with Gasteiger partial charge in [0.15, 0.2) is 0 Å². The van der Waals surface area contributed by atoms with E-state index in [2.05, 4.69) is 16.8 Å². The van der Waals surface area contributed by atoms with E-state index >= 15 is 0 Å².